The number of carbonyl (C=O) groups excluding carboxylic acids is 2. The fourth-order valence-electron chi connectivity index (χ4n) is 1.43. The van der Waals surface area contributed by atoms with Gasteiger partial charge in [0.1, 0.15) is 12.9 Å². The van der Waals surface area contributed by atoms with E-state index in [9.17, 15) is 9.59 Å². The molecule has 8 heteroatoms. The summed E-state index contributed by atoms with van der Waals surface area (Å²) in [5.41, 5.74) is 5.34. The van der Waals surface area contributed by atoms with Crippen LogP contribution in [0.15, 0.2) is 6.33 Å². The number of nitrogens with zero attached hydrogens (tertiary/aromatic N) is 4. The zero-order valence-electron chi connectivity index (χ0n) is 10.7. The molecule has 0 aliphatic carbocycles. The first-order valence-electron chi connectivity index (χ1n) is 5.40. The number of hydrogen-bond donors (Lipinski definition) is 1. The second-order valence-corrected chi connectivity index (χ2v) is 4.00. The fourth-order valence-corrected chi connectivity index (χ4v) is 1.43. The van der Waals surface area contributed by atoms with Crippen molar-refractivity contribution in [2.75, 3.05) is 26.4 Å². The van der Waals surface area contributed by atoms with Gasteiger partial charge in [-0.2, -0.15) is 0 Å². The summed E-state index contributed by atoms with van der Waals surface area (Å²) in [6.07, 6.45) is 1.38. The van der Waals surface area contributed by atoms with E-state index in [4.69, 9.17) is 5.73 Å². The summed E-state index contributed by atoms with van der Waals surface area (Å²) in [4.78, 5) is 28.2. The maximum Gasteiger partial charge on any atom is 0.310 e. The summed E-state index contributed by atoms with van der Waals surface area (Å²) in [6, 6.07) is 0. The molecule has 1 unspecified atom stereocenters. The Hall–Kier alpha value is -2.12. The van der Waals surface area contributed by atoms with E-state index in [-0.39, 0.29) is 36.8 Å². The monoisotopic (exact) mass is 255 g/mol. The Balaban J connectivity index is 2.49. The topological polar surface area (TPSA) is 103 Å². The maximum absolute atomic E-state index is 11.8. The third-order valence-electron chi connectivity index (χ3n) is 2.43. The summed E-state index contributed by atoms with van der Waals surface area (Å²) in [7, 11) is 2.93. The lowest BCUT2D eigenvalue weighted by atomic mass is 10.2. The molecule has 0 aliphatic heterocycles. The number of methoxy groups -OCH3 is 1. The minimum absolute atomic E-state index is 0.0363. The van der Waals surface area contributed by atoms with Gasteiger partial charge in [0, 0.05) is 13.6 Å². The molecule has 0 aliphatic rings. The molecule has 0 saturated carbocycles. The van der Waals surface area contributed by atoms with E-state index in [1.54, 1.807) is 14.0 Å². The van der Waals surface area contributed by atoms with Gasteiger partial charge in [-0.15, -0.1) is 5.10 Å². The van der Waals surface area contributed by atoms with E-state index in [0.717, 1.165) is 0 Å². The minimum atomic E-state index is -0.371. The van der Waals surface area contributed by atoms with E-state index in [0.29, 0.717) is 0 Å². The van der Waals surface area contributed by atoms with Crippen LogP contribution in [0.4, 0.5) is 5.95 Å². The molecule has 0 spiro atoms. The van der Waals surface area contributed by atoms with Crippen LogP contribution in [0.2, 0.25) is 0 Å². The highest BCUT2D eigenvalue weighted by molar-refractivity contribution is 5.77. The van der Waals surface area contributed by atoms with Crippen LogP contribution >= 0.6 is 0 Å². The summed E-state index contributed by atoms with van der Waals surface area (Å²) < 4.78 is 5.94. The standard InChI is InChI=1S/C10H17N5O3/c1-7(9(17)18-3)4-14(2)8(16)5-15-6-12-10(11)13-15/h6-7H,4-5H2,1-3H3,(H2,11,13). The van der Waals surface area contributed by atoms with Gasteiger partial charge in [-0.25, -0.2) is 9.67 Å². The Morgan fingerprint density at radius 1 is 1.61 bits per heavy atom. The van der Waals surface area contributed by atoms with E-state index in [2.05, 4.69) is 14.8 Å². The molecule has 0 bridgehead atoms. The predicted molar refractivity (Wildman–Crippen MR) is 63.3 cm³/mol. The summed E-state index contributed by atoms with van der Waals surface area (Å²) in [5, 5.41) is 3.81. The zero-order chi connectivity index (χ0) is 13.7. The molecule has 2 N–H and O–H groups in total. The highest BCUT2D eigenvalue weighted by Crippen LogP contribution is 2.02. The molecule has 1 aromatic heterocycles. The molecule has 100 valence electrons. The molecule has 0 fully saturated rings. The number of nitrogens with two attached hydrogens (primary N) is 1. The van der Waals surface area contributed by atoms with Crippen molar-refractivity contribution in [3.8, 4) is 0 Å². The average Bonchev–Trinajstić information content (AvgIpc) is 2.73. The highest BCUT2D eigenvalue weighted by Gasteiger charge is 2.19. The fraction of sp³-hybridized carbons (Fsp3) is 0.600. The first-order valence-corrected chi connectivity index (χ1v) is 5.40. The number of esters is 1. The second kappa shape index (κ2) is 5.99. The van der Waals surface area contributed by atoms with Crippen LogP contribution in [0.3, 0.4) is 0 Å². The number of carbonyl (C=O) groups is 2. The van der Waals surface area contributed by atoms with Crippen LogP contribution in [0.25, 0.3) is 0 Å². The number of ether oxygens (including phenoxy) is 1. The molecule has 1 rings (SSSR count). The van der Waals surface area contributed by atoms with Gasteiger partial charge in [-0.1, -0.05) is 6.92 Å². The molecule has 18 heavy (non-hydrogen) atoms. The minimum Gasteiger partial charge on any atom is -0.469 e. The Labute approximate surface area is 105 Å². The number of aromatic nitrogens is 3. The summed E-state index contributed by atoms with van der Waals surface area (Å²) in [6.45, 7) is 2.02. The third-order valence-corrected chi connectivity index (χ3v) is 2.43. The Kier molecular flexibility index (Phi) is 4.64. The van der Waals surface area contributed by atoms with Gasteiger partial charge in [0.05, 0.1) is 13.0 Å². The highest BCUT2D eigenvalue weighted by atomic mass is 16.5. The lowest BCUT2D eigenvalue weighted by Crippen LogP contribution is -2.36. The first-order chi connectivity index (χ1) is 8.43. The van der Waals surface area contributed by atoms with Crippen LogP contribution in [-0.4, -0.2) is 52.2 Å². The zero-order valence-corrected chi connectivity index (χ0v) is 10.7. The van der Waals surface area contributed by atoms with Crippen LogP contribution in [-0.2, 0) is 20.9 Å². The van der Waals surface area contributed by atoms with Gasteiger partial charge >= 0.3 is 5.97 Å². The largest absolute Gasteiger partial charge is 0.469 e. The van der Waals surface area contributed by atoms with Crippen LogP contribution < -0.4 is 5.73 Å². The molecular weight excluding hydrogens is 238 g/mol. The maximum atomic E-state index is 11.8. The van der Waals surface area contributed by atoms with Crippen molar-refractivity contribution >= 4 is 17.8 Å². The molecule has 8 nitrogen and oxygen atoms in total. The molecule has 0 radical (unpaired) electrons. The van der Waals surface area contributed by atoms with Crippen molar-refractivity contribution in [1.82, 2.24) is 19.7 Å². The van der Waals surface area contributed by atoms with Gasteiger partial charge in [-0.3, -0.25) is 9.59 Å². The number of likely N-dealkylation sites (N-methyl/N-ethyl adjacent to an activating group) is 1. The molecule has 1 aromatic rings. The summed E-state index contributed by atoms with van der Waals surface area (Å²) >= 11 is 0. The molecular formula is C10H17N5O3. The summed E-state index contributed by atoms with van der Waals surface area (Å²) in [5.74, 6) is -0.784. The van der Waals surface area contributed by atoms with Crippen molar-refractivity contribution in [2.24, 2.45) is 5.92 Å². The quantitative estimate of drug-likeness (QED) is 0.686. The van der Waals surface area contributed by atoms with E-state index >= 15 is 0 Å². The lowest BCUT2D eigenvalue weighted by Gasteiger charge is -2.20. The first kappa shape index (κ1) is 13.9. The second-order valence-electron chi connectivity index (χ2n) is 4.00. The Morgan fingerprint density at radius 2 is 2.28 bits per heavy atom. The number of anilines is 1. The SMILES string of the molecule is COC(=O)C(C)CN(C)C(=O)Cn1cnc(N)n1. The van der Waals surface area contributed by atoms with E-state index < -0.39 is 0 Å². The lowest BCUT2D eigenvalue weighted by molar-refractivity contribution is -0.146. The van der Waals surface area contributed by atoms with Crippen molar-refractivity contribution in [3.63, 3.8) is 0 Å². The van der Waals surface area contributed by atoms with Crippen LogP contribution in [0, 0.1) is 5.92 Å². The molecule has 1 amide bonds. The van der Waals surface area contributed by atoms with E-state index in [1.807, 2.05) is 0 Å². The van der Waals surface area contributed by atoms with Crippen molar-refractivity contribution in [2.45, 2.75) is 13.5 Å². The van der Waals surface area contributed by atoms with E-state index in [1.165, 1.54) is 23.0 Å². The predicted octanol–water partition coefficient (Wildman–Crippen LogP) is -0.872. The average molecular weight is 255 g/mol. The van der Waals surface area contributed by atoms with Gasteiger partial charge in [0.15, 0.2) is 0 Å². The molecule has 1 heterocycles. The third kappa shape index (κ3) is 3.72. The van der Waals surface area contributed by atoms with Crippen LogP contribution in [0.5, 0.6) is 0 Å². The number of nitrogen functional groups attached to an aromatic ring is 1. The van der Waals surface area contributed by atoms with Gasteiger partial charge < -0.3 is 15.4 Å². The molecule has 0 aromatic carbocycles. The molecule has 1 atom stereocenters. The normalized spacial score (nSPS) is 11.9. The van der Waals surface area contributed by atoms with Gasteiger partial charge in [-0.05, 0) is 0 Å². The number of hydrogen-bond acceptors (Lipinski definition) is 6. The number of amides is 1. The Bertz CT molecular complexity index is 431. The van der Waals surface area contributed by atoms with Crippen molar-refractivity contribution in [3.05, 3.63) is 6.33 Å². The molecule has 0 saturated heterocycles. The van der Waals surface area contributed by atoms with Gasteiger partial charge in [0.2, 0.25) is 11.9 Å². The Morgan fingerprint density at radius 3 is 2.78 bits per heavy atom. The van der Waals surface area contributed by atoms with Gasteiger partial charge in [0.25, 0.3) is 0 Å². The van der Waals surface area contributed by atoms with Crippen molar-refractivity contribution < 1.29 is 14.3 Å². The number of rotatable bonds is 5. The van der Waals surface area contributed by atoms with Crippen LogP contribution in [0.1, 0.15) is 6.92 Å². The van der Waals surface area contributed by atoms with Crippen molar-refractivity contribution in [1.29, 1.82) is 0 Å². The smallest absolute Gasteiger partial charge is 0.310 e.